The van der Waals surface area contributed by atoms with Crippen LogP contribution in [0.3, 0.4) is 0 Å². The van der Waals surface area contributed by atoms with Gasteiger partial charge in [0, 0.05) is 24.3 Å². The van der Waals surface area contributed by atoms with E-state index in [-0.39, 0.29) is 23.1 Å². The first-order valence-corrected chi connectivity index (χ1v) is 13.6. The number of carbonyl (C=O) groups excluding carboxylic acids is 3. The number of halogens is 9. The fourth-order valence-electron chi connectivity index (χ4n) is 5.15. The zero-order valence-electron chi connectivity index (χ0n) is 25.3. The monoisotopic (exact) mass is 665 g/mol. The molecule has 45 heavy (non-hydrogen) atoms. The maximum atomic E-state index is 13.0. The highest BCUT2D eigenvalue weighted by molar-refractivity contribution is 6.12. The van der Waals surface area contributed by atoms with Crippen LogP contribution in [0.25, 0.3) is 0 Å². The number of amides is 2. The predicted molar refractivity (Wildman–Crippen MR) is 142 cm³/mol. The summed E-state index contributed by atoms with van der Waals surface area (Å²) in [6.45, 7) is 10.5. The molecule has 1 saturated carbocycles. The van der Waals surface area contributed by atoms with Crippen LogP contribution in [-0.4, -0.2) is 70.9 Å². The summed E-state index contributed by atoms with van der Waals surface area (Å²) < 4.78 is 115. The number of nitrogens with zero attached hydrogens (tertiary/aromatic N) is 1. The van der Waals surface area contributed by atoms with Gasteiger partial charge in [-0.2, -0.15) is 30.7 Å². The fourth-order valence-corrected chi connectivity index (χ4v) is 5.15. The minimum atomic E-state index is -6.71. The minimum absolute atomic E-state index is 0.150. The Morgan fingerprint density at radius 3 is 1.82 bits per heavy atom. The smallest absolute Gasteiger partial charge is 0.459 e. The second-order valence-corrected chi connectivity index (χ2v) is 12.0. The van der Waals surface area contributed by atoms with Crippen molar-refractivity contribution in [3.8, 4) is 0 Å². The molecule has 3 atom stereocenters. The van der Waals surface area contributed by atoms with Gasteiger partial charge in [-0.15, -0.1) is 0 Å². The largest absolute Gasteiger partial charge is 0.481 e. The lowest BCUT2D eigenvalue weighted by Crippen LogP contribution is -2.54. The number of esters is 1. The zero-order valence-corrected chi connectivity index (χ0v) is 25.3. The number of carbonyl (C=O) groups is 4. The molecule has 1 heterocycles. The number of rotatable bonds is 9. The van der Waals surface area contributed by atoms with E-state index >= 15 is 0 Å². The lowest BCUT2D eigenvalue weighted by molar-refractivity contribution is -0.363. The molecule has 3 rings (SSSR count). The van der Waals surface area contributed by atoms with E-state index in [1.165, 1.54) is 17.1 Å². The molecule has 1 N–H and O–H groups in total. The number of aliphatic carboxylic acids is 1. The molecule has 3 aliphatic rings. The molecule has 16 heteroatoms. The van der Waals surface area contributed by atoms with Gasteiger partial charge in [0.1, 0.15) is 0 Å². The summed E-state index contributed by atoms with van der Waals surface area (Å²) >= 11 is 0. The summed E-state index contributed by atoms with van der Waals surface area (Å²) in [5, 5.41) is 9.49. The Bertz CT molecular complexity index is 1190. The van der Waals surface area contributed by atoms with Crippen LogP contribution in [0.2, 0.25) is 0 Å². The van der Waals surface area contributed by atoms with Gasteiger partial charge >= 0.3 is 30.0 Å². The van der Waals surface area contributed by atoms with Gasteiger partial charge in [0.2, 0.25) is 0 Å². The molecule has 0 aromatic carbocycles. The Labute approximate surface area is 254 Å². The van der Waals surface area contributed by atoms with Crippen LogP contribution < -0.4 is 0 Å². The molecule has 1 aliphatic heterocycles. The number of carboxylic acids is 1. The second-order valence-electron chi connectivity index (χ2n) is 12.0. The SMILES string of the molecule is C=C(C)C(=O)OCC(F)(F)CC(F)(F)C(F)(F)C(F)(F)F.CC(C)(C)C1(C(=O)O)CC2C=CC1C2.CCCN1C(=O)C=CC1=O. The summed E-state index contributed by atoms with van der Waals surface area (Å²) in [4.78, 5) is 45.1. The third-order valence-corrected chi connectivity index (χ3v) is 7.52. The molecular formula is C29H36F9NO6. The quantitative estimate of drug-likeness (QED) is 0.0938. The maximum Gasteiger partial charge on any atom is 0.459 e. The summed E-state index contributed by atoms with van der Waals surface area (Å²) in [6, 6.07) is 0. The van der Waals surface area contributed by atoms with Crippen molar-refractivity contribution in [2.75, 3.05) is 13.2 Å². The highest BCUT2D eigenvalue weighted by Crippen LogP contribution is 2.60. The summed E-state index contributed by atoms with van der Waals surface area (Å²) in [5.74, 6) is -19.2. The minimum Gasteiger partial charge on any atom is -0.481 e. The fraction of sp³-hybridized carbons (Fsp3) is 0.655. The lowest BCUT2D eigenvalue weighted by Gasteiger charge is -2.42. The molecule has 2 amide bonds. The van der Waals surface area contributed by atoms with Crippen LogP contribution in [0, 0.1) is 22.7 Å². The van der Waals surface area contributed by atoms with E-state index in [9.17, 15) is 63.8 Å². The Morgan fingerprint density at radius 2 is 1.51 bits per heavy atom. The average molecular weight is 666 g/mol. The number of hydrogen-bond donors (Lipinski definition) is 1. The molecule has 3 unspecified atom stereocenters. The van der Waals surface area contributed by atoms with E-state index in [0.717, 1.165) is 26.2 Å². The number of allylic oxidation sites excluding steroid dienone is 2. The van der Waals surface area contributed by atoms with Crippen molar-refractivity contribution in [2.24, 2.45) is 22.7 Å². The van der Waals surface area contributed by atoms with Gasteiger partial charge < -0.3 is 9.84 Å². The lowest BCUT2D eigenvalue weighted by atomic mass is 9.60. The summed E-state index contributed by atoms with van der Waals surface area (Å²) in [5.41, 5.74) is -1.06. The van der Waals surface area contributed by atoms with Gasteiger partial charge in [0.25, 0.3) is 17.7 Å². The van der Waals surface area contributed by atoms with Crippen LogP contribution in [0.4, 0.5) is 39.5 Å². The molecule has 0 spiro atoms. The normalized spacial score (nSPS) is 22.9. The van der Waals surface area contributed by atoms with Gasteiger partial charge in [0.05, 0.1) is 11.8 Å². The van der Waals surface area contributed by atoms with E-state index in [1.807, 2.05) is 6.92 Å². The molecule has 0 aromatic heterocycles. The van der Waals surface area contributed by atoms with Crippen molar-refractivity contribution < 1.29 is 68.5 Å². The van der Waals surface area contributed by atoms with E-state index in [1.54, 1.807) is 0 Å². The summed E-state index contributed by atoms with van der Waals surface area (Å²) in [6.07, 6.45) is -0.242. The number of ether oxygens (including phenoxy) is 1. The first-order valence-electron chi connectivity index (χ1n) is 13.6. The predicted octanol–water partition coefficient (Wildman–Crippen LogP) is 6.98. The van der Waals surface area contributed by atoms with Crippen LogP contribution >= 0.6 is 0 Å². The van der Waals surface area contributed by atoms with Crippen molar-refractivity contribution >= 4 is 23.8 Å². The van der Waals surface area contributed by atoms with Gasteiger partial charge in [-0.3, -0.25) is 19.3 Å². The van der Waals surface area contributed by atoms with Crippen LogP contribution in [0.15, 0.2) is 36.5 Å². The molecule has 0 saturated heterocycles. The molecule has 1 fully saturated rings. The second kappa shape index (κ2) is 14.0. The highest BCUT2D eigenvalue weighted by atomic mass is 19.4. The number of alkyl halides is 9. The molecule has 256 valence electrons. The van der Waals surface area contributed by atoms with E-state index < -0.39 is 59.9 Å². The number of imide groups is 1. The molecular weight excluding hydrogens is 629 g/mol. The van der Waals surface area contributed by atoms with Gasteiger partial charge in [-0.1, -0.05) is 46.4 Å². The molecule has 0 aromatic rings. The van der Waals surface area contributed by atoms with Crippen molar-refractivity contribution in [3.05, 3.63) is 36.5 Å². The average Bonchev–Trinajstić information content (AvgIpc) is 3.58. The molecule has 0 radical (unpaired) electrons. The standard InChI is InChI=1S/C12H18O2.C10H9F9O2.C7H9NO2/c1-11(2,3)12(10(13)14)7-8-4-5-9(12)6-8;1-5(2)6(20)21-4-7(11,12)3-8(13,14)9(15,16)10(17,18)19;1-2-5-8-6(9)3-4-7(8)10/h4-5,8-9H,6-7H2,1-3H3,(H,13,14);1,3-4H2,2H3;3-4H,2,5H2,1H3. The van der Waals surface area contributed by atoms with E-state index in [2.05, 4.69) is 44.2 Å². The van der Waals surface area contributed by atoms with Crippen molar-refractivity contribution in [2.45, 2.75) is 84.2 Å². The third kappa shape index (κ3) is 9.12. The molecule has 7 nitrogen and oxygen atoms in total. The van der Waals surface area contributed by atoms with E-state index in [0.29, 0.717) is 12.5 Å². The zero-order chi connectivity index (χ0) is 35.4. The molecule has 2 bridgehead atoms. The summed E-state index contributed by atoms with van der Waals surface area (Å²) in [7, 11) is 0. The Hall–Kier alpha value is -3.33. The number of hydrogen-bond acceptors (Lipinski definition) is 5. The van der Waals surface area contributed by atoms with Crippen molar-refractivity contribution in [3.63, 3.8) is 0 Å². The Morgan fingerprint density at radius 1 is 1.00 bits per heavy atom. The van der Waals surface area contributed by atoms with Crippen LogP contribution in [-0.2, 0) is 23.9 Å². The number of carboxylic acid groups (broad SMARTS) is 1. The van der Waals surface area contributed by atoms with Gasteiger partial charge in [-0.25, -0.2) is 13.6 Å². The Kier molecular flexibility index (Phi) is 12.3. The Balaban J connectivity index is 0.000000361. The topological polar surface area (TPSA) is 101 Å². The van der Waals surface area contributed by atoms with Crippen LogP contribution in [0.1, 0.15) is 60.3 Å². The first kappa shape index (κ1) is 39.7. The van der Waals surface area contributed by atoms with Crippen LogP contribution in [0.5, 0.6) is 0 Å². The maximum absolute atomic E-state index is 13.0. The molecule has 2 aliphatic carbocycles. The first-order chi connectivity index (χ1) is 20.2. The highest BCUT2D eigenvalue weighted by Gasteiger charge is 2.74. The van der Waals surface area contributed by atoms with E-state index in [4.69, 9.17) is 0 Å². The van der Waals surface area contributed by atoms with Crippen molar-refractivity contribution in [1.82, 2.24) is 4.90 Å². The number of fused-ring (bicyclic) bond motifs is 2. The van der Waals surface area contributed by atoms with Gasteiger partial charge in [-0.05, 0) is 43.4 Å². The van der Waals surface area contributed by atoms with Gasteiger partial charge in [0.15, 0.2) is 6.61 Å². The third-order valence-electron chi connectivity index (χ3n) is 7.52. The van der Waals surface area contributed by atoms with Crippen molar-refractivity contribution in [1.29, 1.82) is 0 Å².